The van der Waals surface area contributed by atoms with Gasteiger partial charge in [-0.25, -0.2) is 4.98 Å². The molecule has 2 rings (SSSR count). The number of anilines is 1. The molecule has 0 aliphatic rings. The fourth-order valence-electron chi connectivity index (χ4n) is 1.73. The molecular weight excluding hydrogens is 214 g/mol. The monoisotopic (exact) mass is 229 g/mol. The van der Waals surface area contributed by atoms with Gasteiger partial charge in [-0.2, -0.15) is 4.98 Å². The summed E-state index contributed by atoms with van der Waals surface area (Å²) >= 11 is 0. The molecule has 0 aliphatic carbocycles. The van der Waals surface area contributed by atoms with Crippen LogP contribution in [0.5, 0.6) is 11.6 Å². The first-order valence-corrected chi connectivity index (χ1v) is 5.40. The first kappa shape index (κ1) is 11.4. The van der Waals surface area contributed by atoms with Crippen molar-refractivity contribution >= 4 is 5.82 Å². The predicted octanol–water partition coefficient (Wildman–Crippen LogP) is 2.78. The molecule has 0 amide bonds. The third-order valence-electron chi connectivity index (χ3n) is 2.25. The van der Waals surface area contributed by atoms with Crippen molar-refractivity contribution in [3.63, 3.8) is 0 Å². The lowest BCUT2D eigenvalue weighted by Gasteiger charge is -2.07. The van der Waals surface area contributed by atoms with Crippen molar-refractivity contribution in [3.8, 4) is 11.6 Å². The van der Waals surface area contributed by atoms with Gasteiger partial charge in [-0.15, -0.1) is 0 Å². The molecule has 0 radical (unpaired) electrons. The number of aromatic nitrogens is 2. The second-order valence-electron chi connectivity index (χ2n) is 4.10. The van der Waals surface area contributed by atoms with E-state index in [0.717, 1.165) is 16.9 Å². The van der Waals surface area contributed by atoms with Gasteiger partial charge < -0.3 is 10.5 Å². The highest BCUT2D eigenvalue weighted by Crippen LogP contribution is 2.23. The summed E-state index contributed by atoms with van der Waals surface area (Å²) in [5.74, 6) is 2.25. The standard InChI is InChI=1S/C13H15N3O/c1-8-4-9(2)6-11(5-8)17-13-7-12(14)15-10(3)16-13/h4-7H,1-3H3,(H2,14,15,16). The van der Waals surface area contributed by atoms with Crippen LogP contribution in [0.2, 0.25) is 0 Å². The van der Waals surface area contributed by atoms with E-state index in [4.69, 9.17) is 10.5 Å². The number of nitrogen functional groups attached to an aromatic ring is 1. The van der Waals surface area contributed by atoms with Crippen LogP contribution in [-0.4, -0.2) is 9.97 Å². The summed E-state index contributed by atoms with van der Waals surface area (Å²) in [7, 11) is 0. The van der Waals surface area contributed by atoms with E-state index >= 15 is 0 Å². The number of hydrogen-bond acceptors (Lipinski definition) is 4. The van der Waals surface area contributed by atoms with E-state index in [1.54, 1.807) is 13.0 Å². The molecule has 0 spiro atoms. The molecule has 4 heteroatoms. The highest BCUT2D eigenvalue weighted by atomic mass is 16.5. The van der Waals surface area contributed by atoms with E-state index in [2.05, 4.69) is 16.0 Å². The van der Waals surface area contributed by atoms with Gasteiger partial charge in [0.15, 0.2) is 0 Å². The van der Waals surface area contributed by atoms with Crippen LogP contribution in [0.4, 0.5) is 5.82 Å². The molecule has 0 saturated heterocycles. The Morgan fingerprint density at radius 2 is 1.59 bits per heavy atom. The molecule has 0 aliphatic heterocycles. The molecule has 0 atom stereocenters. The van der Waals surface area contributed by atoms with Gasteiger partial charge in [0.05, 0.1) is 0 Å². The number of ether oxygens (including phenoxy) is 1. The van der Waals surface area contributed by atoms with Gasteiger partial charge in [0, 0.05) is 6.07 Å². The Morgan fingerprint density at radius 1 is 0.941 bits per heavy atom. The number of hydrogen-bond donors (Lipinski definition) is 1. The van der Waals surface area contributed by atoms with Crippen molar-refractivity contribution in [1.82, 2.24) is 9.97 Å². The second kappa shape index (κ2) is 4.41. The summed E-state index contributed by atoms with van der Waals surface area (Å²) in [4.78, 5) is 8.17. The number of benzene rings is 1. The quantitative estimate of drug-likeness (QED) is 0.860. The van der Waals surface area contributed by atoms with Gasteiger partial charge in [-0.3, -0.25) is 0 Å². The molecule has 0 saturated carbocycles. The van der Waals surface area contributed by atoms with Crippen LogP contribution >= 0.6 is 0 Å². The maximum Gasteiger partial charge on any atom is 0.224 e. The fraction of sp³-hybridized carbons (Fsp3) is 0.231. The maximum absolute atomic E-state index is 5.67. The van der Waals surface area contributed by atoms with Crippen LogP contribution in [0.25, 0.3) is 0 Å². The molecule has 1 heterocycles. The Bertz CT molecular complexity index is 462. The minimum atomic E-state index is 0.414. The topological polar surface area (TPSA) is 61.0 Å². The first-order chi connectivity index (χ1) is 8.02. The van der Waals surface area contributed by atoms with E-state index in [0.29, 0.717) is 17.5 Å². The lowest BCUT2D eigenvalue weighted by atomic mass is 10.1. The van der Waals surface area contributed by atoms with Crippen LogP contribution in [-0.2, 0) is 0 Å². The number of rotatable bonds is 2. The Morgan fingerprint density at radius 3 is 2.18 bits per heavy atom. The van der Waals surface area contributed by atoms with Gasteiger partial charge in [0.1, 0.15) is 17.4 Å². The van der Waals surface area contributed by atoms with Crippen LogP contribution in [0, 0.1) is 20.8 Å². The van der Waals surface area contributed by atoms with E-state index in [-0.39, 0.29) is 0 Å². The maximum atomic E-state index is 5.67. The van der Waals surface area contributed by atoms with Crippen molar-refractivity contribution in [1.29, 1.82) is 0 Å². The lowest BCUT2D eigenvalue weighted by Crippen LogP contribution is -1.98. The summed E-state index contributed by atoms with van der Waals surface area (Å²) in [5, 5.41) is 0. The van der Waals surface area contributed by atoms with Crippen LogP contribution in [0.3, 0.4) is 0 Å². The molecule has 17 heavy (non-hydrogen) atoms. The normalized spacial score (nSPS) is 10.3. The summed E-state index contributed by atoms with van der Waals surface area (Å²) in [6.45, 7) is 5.84. The Balaban J connectivity index is 2.31. The molecule has 0 unspecified atom stereocenters. The number of nitrogens with two attached hydrogens (primary N) is 1. The Kier molecular flexibility index (Phi) is 2.95. The van der Waals surface area contributed by atoms with Gasteiger partial charge in [-0.05, 0) is 44.0 Å². The van der Waals surface area contributed by atoms with Crippen molar-refractivity contribution in [2.24, 2.45) is 0 Å². The average Bonchev–Trinajstić information content (AvgIpc) is 2.13. The van der Waals surface area contributed by atoms with E-state index in [1.165, 1.54) is 0 Å². The summed E-state index contributed by atoms with van der Waals surface area (Å²) in [6, 6.07) is 7.62. The molecule has 0 bridgehead atoms. The summed E-state index contributed by atoms with van der Waals surface area (Å²) < 4.78 is 5.67. The third kappa shape index (κ3) is 2.93. The second-order valence-corrected chi connectivity index (χ2v) is 4.10. The third-order valence-corrected chi connectivity index (χ3v) is 2.25. The molecule has 1 aromatic carbocycles. The van der Waals surface area contributed by atoms with Gasteiger partial charge in [0.2, 0.25) is 5.88 Å². The minimum Gasteiger partial charge on any atom is -0.439 e. The lowest BCUT2D eigenvalue weighted by molar-refractivity contribution is 0.459. The van der Waals surface area contributed by atoms with Crippen molar-refractivity contribution in [2.75, 3.05) is 5.73 Å². The average molecular weight is 229 g/mol. The Hall–Kier alpha value is -2.10. The molecule has 1 aromatic heterocycles. The van der Waals surface area contributed by atoms with E-state index < -0.39 is 0 Å². The van der Waals surface area contributed by atoms with Crippen molar-refractivity contribution in [3.05, 3.63) is 41.2 Å². The van der Waals surface area contributed by atoms with Crippen LogP contribution in [0.1, 0.15) is 17.0 Å². The van der Waals surface area contributed by atoms with Gasteiger partial charge in [-0.1, -0.05) is 6.07 Å². The van der Waals surface area contributed by atoms with E-state index in [9.17, 15) is 0 Å². The largest absolute Gasteiger partial charge is 0.439 e. The molecular formula is C13H15N3O. The molecule has 88 valence electrons. The fourth-order valence-corrected chi connectivity index (χ4v) is 1.73. The zero-order valence-corrected chi connectivity index (χ0v) is 10.2. The Labute approximate surface area is 100 Å². The zero-order valence-electron chi connectivity index (χ0n) is 10.2. The number of nitrogens with zero attached hydrogens (tertiary/aromatic N) is 2. The van der Waals surface area contributed by atoms with Crippen molar-refractivity contribution < 1.29 is 4.74 Å². The first-order valence-electron chi connectivity index (χ1n) is 5.40. The number of aryl methyl sites for hydroxylation is 3. The predicted molar refractivity (Wildman–Crippen MR) is 67.2 cm³/mol. The smallest absolute Gasteiger partial charge is 0.224 e. The van der Waals surface area contributed by atoms with Crippen LogP contribution < -0.4 is 10.5 Å². The molecule has 0 fully saturated rings. The highest BCUT2D eigenvalue weighted by molar-refractivity contribution is 5.38. The highest BCUT2D eigenvalue weighted by Gasteiger charge is 2.03. The van der Waals surface area contributed by atoms with Crippen molar-refractivity contribution in [2.45, 2.75) is 20.8 Å². The van der Waals surface area contributed by atoms with E-state index in [1.807, 2.05) is 26.0 Å². The molecule has 2 N–H and O–H groups in total. The van der Waals surface area contributed by atoms with Gasteiger partial charge in [0.25, 0.3) is 0 Å². The summed E-state index contributed by atoms with van der Waals surface area (Å²) in [6.07, 6.45) is 0. The van der Waals surface area contributed by atoms with Crippen LogP contribution in [0.15, 0.2) is 24.3 Å². The molecule has 2 aromatic rings. The SMILES string of the molecule is Cc1cc(C)cc(Oc2cc(N)nc(C)n2)c1. The summed E-state index contributed by atoms with van der Waals surface area (Å²) in [5.41, 5.74) is 7.95. The molecule has 4 nitrogen and oxygen atoms in total. The zero-order chi connectivity index (χ0) is 12.4. The van der Waals surface area contributed by atoms with Gasteiger partial charge >= 0.3 is 0 Å². The minimum absolute atomic E-state index is 0.414.